The SMILES string of the molecule is C1=C[C@H]2C[C@H]1C[C@H]2CN1CCN(C2CCCCC2)CC1. The van der Waals surface area contributed by atoms with Crippen LogP contribution in [-0.2, 0) is 0 Å². The highest BCUT2D eigenvalue weighted by atomic mass is 15.3. The van der Waals surface area contributed by atoms with Crippen LogP contribution in [0.4, 0.5) is 0 Å². The lowest BCUT2D eigenvalue weighted by Gasteiger charge is -2.41. The lowest BCUT2D eigenvalue weighted by molar-refractivity contribution is 0.0686. The highest BCUT2D eigenvalue weighted by molar-refractivity contribution is 5.10. The third kappa shape index (κ3) is 2.69. The molecule has 1 saturated heterocycles. The first kappa shape index (κ1) is 13.3. The molecule has 0 amide bonds. The van der Waals surface area contributed by atoms with E-state index in [1.54, 1.807) is 0 Å². The molecule has 3 fully saturated rings. The molecule has 0 radical (unpaired) electrons. The molecule has 0 aromatic heterocycles. The lowest BCUT2D eigenvalue weighted by atomic mass is 9.92. The second-order valence-corrected chi connectivity index (χ2v) is 7.67. The molecule has 0 spiro atoms. The maximum atomic E-state index is 2.80. The Morgan fingerprint density at radius 1 is 0.850 bits per heavy atom. The van der Waals surface area contributed by atoms with Gasteiger partial charge in [0.15, 0.2) is 0 Å². The molecule has 20 heavy (non-hydrogen) atoms. The molecule has 2 bridgehead atoms. The minimum Gasteiger partial charge on any atom is -0.300 e. The quantitative estimate of drug-likeness (QED) is 0.730. The van der Waals surface area contributed by atoms with Crippen molar-refractivity contribution in [2.75, 3.05) is 32.7 Å². The largest absolute Gasteiger partial charge is 0.300 e. The molecule has 4 aliphatic rings. The Labute approximate surface area is 124 Å². The van der Waals surface area contributed by atoms with Gasteiger partial charge in [-0.1, -0.05) is 31.4 Å². The maximum absolute atomic E-state index is 2.80. The van der Waals surface area contributed by atoms with Crippen molar-refractivity contribution < 1.29 is 0 Å². The van der Waals surface area contributed by atoms with Crippen molar-refractivity contribution in [1.29, 1.82) is 0 Å². The molecular formula is C18H30N2. The topological polar surface area (TPSA) is 6.48 Å². The molecule has 2 nitrogen and oxygen atoms in total. The standard InChI is InChI=1S/C18H30N2/c1-2-4-18(5-3-1)20-10-8-19(9-11-20)14-17-13-15-6-7-16(17)12-15/h6-7,15-18H,1-5,8-14H2/t15-,16-,17-/m0/s1. The molecule has 1 heterocycles. The Hall–Kier alpha value is -0.340. The van der Waals surface area contributed by atoms with E-state index in [1.165, 1.54) is 77.7 Å². The second kappa shape index (κ2) is 5.81. The van der Waals surface area contributed by atoms with Crippen molar-refractivity contribution in [1.82, 2.24) is 9.80 Å². The molecule has 1 aliphatic heterocycles. The van der Waals surface area contributed by atoms with Gasteiger partial charge in [0.05, 0.1) is 0 Å². The molecule has 2 heteroatoms. The third-order valence-electron chi connectivity index (χ3n) is 6.41. The van der Waals surface area contributed by atoms with Crippen LogP contribution in [0.25, 0.3) is 0 Å². The fourth-order valence-electron chi connectivity index (χ4n) is 5.19. The van der Waals surface area contributed by atoms with Crippen molar-refractivity contribution in [3.63, 3.8) is 0 Å². The normalized spacial score (nSPS) is 39.7. The van der Waals surface area contributed by atoms with E-state index >= 15 is 0 Å². The van der Waals surface area contributed by atoms with Crippen molar-refractivity contribution in [2.45, 2.75) is 51.0 Å². The average Bonchev–Trinajstić information content (AvgIpc) is 3.12. The molecule has 3 aliphatic carbocycles. The van der Waals surface area contributed by atoms with Gasteiger partial charge in [0, 0.05) is 38.8 Å². The summed E-state index contributed by atoms with van der Waals surface area (Å²) in [6.07, 6.45) is 15.3. The van der Waals surface area contributed by atoms with E-state index in [1.807, 2.05) is 0 Å². The van der Waals surface area contributed by atoms with Gasteiger partial charge in [-0.15, -0.1) is 0 Å². The van der Waals surface area contributed by atoms with Gasteiger partial charge < -0.3 is 4.90 Å². The van der Waals surface area contributed by atoms with Crippen molar-refractivity contribution in [2.24, 2.45) is 17.8 Å². The second-order valence-electron chi connectivity index (χ2n) is 7.67. The number of piperazine rings is 1. The number of allylic oxidation sites excluding steroid dienone is 2. The smallest absolute Gasteiger partial charge is 0.0113 e. The summed E-state index contributed by atoms with van der Waals surface area (Å²) in [5, 5.41) is 0. The minimum atomic E-state index is 0.927. The van der Waals surface area contributed by atoms with Gasteiger partial charge in [-0.2, -0.15) is 0 Å². The summed E-state index contributed by atoms with van der Waals surface area (Å²) < 4.78 is 0. The summed E-state index contributed by atoms with van der Waals surface area (Å²) in [4.78, 5) is 5.56. The van der Waals surface area contributed by atoms with Crippen LogP contribution in [0.15, 0.2) is 12.2 Å². The van der Waals surface area contributed by atoms with Crippen molar-refractivity contribution in [3.05, 3.63) is 12.2 Å². The van der Waals surface area contributed by atoms with Crippen LogP contribution in [0, 0.1) is 17.8 Å². The summed E-state index contributed by atoms with van der Waals surface area (Å²) in [5.74, 6) is 2.84. The predicted molar refractivity (Wildman–Crippen MR) is 83.7 cm³/mol. The first-order valence-corrected chi connectivity index (χ1v) is 9.03. The molecule has 112 valence electrons. The highest BCUT2D eigenvalue weighted by Crippen LogP contribution is 2.43. The first-order valence-electron chi connectivity index (χ1n) is 9.03. The van der Waals surface area contributed by atoms with Crippen molar-refractivity contribution in [3.8, 4) is 0 Å². The van der Waals surface area contributed by atoms with E-state index in [9.17, 15) is 0 Å². The van der Waals surface area contributed by atoms with Gasteiger partial charge in [-0.25, -0.2) is 0 Å². The summed E-state index contributed by atoms with van der Waals surface area (Å²) in [6, 6.07) is 0.927. The summed E-state index contributed by atoms with van der Waals surface area (Å²) in [5.41, 5.74) is 0. The summed E-state index contributed by atoms with van der Waals surface area (Å²) in [6.45, 7) is 6.70. The van der Waals surface area contributed by atoms with Crippen LogP contribution in [-0.4, -0.2) is 48.6 Å². The summed E-state index contributed by atoms with van der Waals surface area (Å²) >= 11 is 0. The molecule has 0 N–H and O–H groups in total. The van der Waals surface area contributed by atoms with E-state index in [0.717, 1.165) is 23.8 Å². The number of rotatable bonds is 3. The van der Waals surface area contributed by atoms with Crippen LogP contribution >= 0.6 is 0 Å². The van der Waals surface area contributed by atoms with Crippen LogP contribution in [0.3, 0.4) is 0 Å². The minimum absolute atomic E-state index is 0.927. The van der Waals surface area contributed by atoms with Gasteiger partial charge in [-0.3, -0.25) is 4.90 Å². The number of hydrogen-bond acceptors (Lipinski definition) is 2. The van der Waals surface area contributed by atoms with E-state index in [-0.39, 0.29) is 0 Å². The molecular weight excluding hydrogens is 244 g/mol. The molecule has 4 rings (SSSR count). The van der Waals surface area contributed by atoms with Crippen LogP contribution in [0.2, 0.25) is 0 Å². The first-order chi connectivity index (χ1) is 9.88. The van der Waals surface area contributed by atoms with E-state index in [0.29, 0.717) is 0 Å². The lowest BCUT2D eigenvalue weighted by Crippen LogP contribution is -2.51. The molecule has 2 saturated carbocycles. The zero-order valence-electron chi connectivity index (χ0n) is 12.8. The molecule has 0 unspecified atom stereocenters. The van der Waals surface area contributed by atoms with Gasteiger partial charge in [0.2, 0.25) is 0 Å². The molecule has 0 aromatic rings. The predicted octanol–water partition coefficient (Wildman–Crippen LogP) is 3.15. The van der Waals surface area contributed by atoms with Gasteiger partial charge >= 0.3 is 0 Å². The van der Waals surface area contributed by atoms with Gasteiger partial charge in [0.25, 0.3) is 0 Å². The molecule has 3 atom stereocenters. The third-order valence-corrected chi connectivity index (χ3v) is 6.41. The Balaban J connectivity index is 1.24. The van der Waals surface area contributed by atoms with E-state index in [2.05, 4.69) is 22.0 Å². The Kier molecular flexibility index (Phi) is 3.87. The fraction of sp³-hybridized carbons (Fsp3) is 0.889. The average molecular weight is 274 g/mol. The van der Waals surface area contributed by atoms with Crippen LogP contribution in [0.5, 0.6) is 0 Å². The van der Waals surface area contributed by atoms with Gasteiger partial charge in [-0.05, 0) is 43.4 Å². The Morgan fingerprint density at radius 3 is 2.30 bits per heavy atom. The van der Waals surface area contributed by atoms with Crippen LogP contribution < -0.4 is 0 Å². The van der Waals surface area contributed by atoms with E-state index < -0.39 is 0 Å². The zero-order chi connectivity index (χ0) is 13.4. The zero-order valence-corrected chi connectivity index (χ0v) is 12.8. The molecule has 0 aromatic carbocycles. The number of hydrogen-bond donors (Lipinski definition) is 0. The maximum Gasteiger partial charge on any atom is 0.0113 e. The van der Waals surface area contributed by atoms with Crippen LogP contribution in [0.1, 0.15) is 44.9 Å². The Bertz CT molecular complexity index is 350. The van der Waals surface area contributed by atoms with Gasteiger partial charge in [0.1, 0.15) is 0 Å². The Morgan fingerprint density at radius 2 is 1.65 bits per heavy atom. The number of fused-ring (bicyclic) bond motifs is 2. The monoisotopic (exact) mass is 274 g/mol. The fourth-order valence-corrected chi connectivity index (χ4v) is 5.19. The van der Waals surface area contributed by atoms with Crippen molar-refractivity contribution >= 4 is 0 Å². The van der Waals surface area contributed by atoms with E-state index in [4.69, 9.17) is 0 Å². The number of nitrogens with zero attached hydrogens (tertiary/aromatic N) is 2. The highest BCUT2D eigenvalue weighted by Gasteiger charge is 2.37. The summed E-state index contributed by atoms with van der Waals surface area (Å²) in [7, 11) is 0.